The minimum Gasteiger partial charge on any atom is -0.497 e. The van der Waals surface area contributed by atoms with E-state index in [2.05, 4.69) is 130 Å². The second-order valence-electron chi connectivity index (χ2n) is 12.7. The summed E-state index contributed by atoms with van der Waals surface area (Å²) >= 11 is 0. The van der Waals surface area contributed by atoms with Crippen molar-refractivity contribution in [1.29, 1.82) is 0 Å². The van der Waals surface area contributed by atoms with Gasteiger partial charge in [0.2, 0.25) is 0 Å². The quantitative estimate of drug-likeness (QED) is 0.230. The van der Waals surface area contributed by atoms with E-state index in [0.29, 0.717) is 0 Å². The van der Waals surface area contributed by atoms with Gasteiger partial charge in [-0.15, -0.1) is 16.1 Å². The van der Waals surface area contributed by atoms with Gasteiger partial charge < -0.3 is 17.8 Å². The van der Waals surface area contributed by atoms with Gasteiger partial charge in [-0.1, -0.05) is 104 Å². The first-order valence-corrected chi connectivity index (χ1v) is 22.3. The first-order valence-electron chi connectivity index (χ1n) is 12.4. The van der Waals surface area contributed by atoms with E-state index in [4.69, 9.17) is 4.74 Å². The zero-order chi connectivity index (χ0) is 26.3. The standard InChI is InChI=1S/C21H31OSi.2C4H11Si.Lu/c1-8-23(9-2,17-12-10-11-13-17)19-15-16(3)14-18(20(19)22-7)21(4,5)6;2*1-5(2,3)4;/h10-15H,8-9H2,1-7H3;2*1H2,2-4H3;/q3*-1;+3. The van der Waals surface area contributed by atoms with E-state index in [1.54, 1.807) is 0 Å². The van der Waals surface area contributed by atoms with Crippen molar-refractivity contribution < 1.29 is 41.6 Å². The second kappa shape index (κ2) is 14.9. The first kappa shape index (κ1) is 36.4. The first-order chi connectivity index (χ1) is 14.8. The van der Waals surface area contributed by atoms with Gasteiger partial charge in [-0.3, -0.25) is 0 Å². The molecule has 0 radical (unpaired) electrons. The molecule has 34 heavy (non-hydrogen) atoms. The molecule has 0 spiro atoms. The summed E-state index contributed by atoms with van der Waals surface area (Å²) in [6.45, 7) is 34.9. The molecule has 0 atom stereocenters. The number of aryl methyl sites for hydroxylation is 1. The Bertz CT molecular complexity index is 795. The molecule has 0 unspecified atom stereocenters. The summed E-state index contributed by atoms with van der Waals surface area (Å²) in [7, 11) is -1.67. The molecule has 5 heteroatoms. The normalized spacial score (nSPS) is 12.0. The SMILES string of the molecule is CC[Si](CC)(c1cc(C)cc(C(C)(C)C)c1OC)[c-]1cccc1.[CH2-][Si](C)(C)C.[CH2-][Si](C)(C)C.[Lu+3]. The average Bonchev–Trinajstić information content (AvgIpc) is 3.14. The fourth-order valence-electron chi connectivity index (χ4n) is 3.79. The predicted octanol–water partition coefficient (Wildman–Crippen LogP) is 8.02. The van der Waals surface area contributed by atoms with E-state index in [9.17, 15) is 0 Å². The van der Waals surface area contributed by atoms with Crippen LogP contribution in [0.25, 0.3) is 0 Å². The van der Waals surface area contributed by atoms with Crippen molar-refractivity contribution in [2.75, 3.05) is 7.11 Å². The average molecular weight is 677 g/mol. The van der Waals surface area contributed by atoms with Gasteiger partial charge >= 0.3 is 36.9 Å². The van der Waals surface area contributed by atoms with Gasteiger partial charge in [0, 0.05) is 0 Å². The Morgan fingerprint density at radius 1 is 0.853 bits per heavy atom. The summed E-state index contributed by atoms with van der Waals surface area (Å²) in [5, 5.41) is 3.01. The van der Waals surface area contributed by atoms with Crippen molar-refractivity contribution in [3.63, 3.8) is 0 Å². The van der Waals surface area contributed by atoms with Gasteiger partial charge in [0.15, 0.2) is 0 Å². The number of rotatable bonds is 5. The maximum Gasteiger partial charge on any atom is 3.00 e. The Balaban J connectivity index is 0. The van der Waals surface area contributed by atoms with Crippen molar-refractivity contribution in [2.45, 2.75) is 98.3 Å². The molecule has 0 saturated heterocycles. The van der Waals surface area contributed by atoms with Crippen molar-refractivity contribution in [3.8, 4) is 5.75 Å². The van der Waals surface area contributed by atoms with Crippen molar-refractivity contribution >= 4 is 34.6 Å². The molecule has 0 N–H and O–H groups in total. The number of ether oxygens (including phenoxy) is 1. The Kier molecular flexibility index (Phi) is 15.9. The van der Waals surface area contributed by atoms with Crippen LogP contribution in [0.15, 0.2) is 36.4 Å². The van der Waals surface area contributed by atoms with E-state index >= 15 is 0 Å². The predicted molar refractivity (Wildman–Crippen MR) is 162 cm³/mol. The molecule has 0 heterocycles. The van der Waals surface area contributed by atoms with Crippen molar-refractivity contribution in [1.82, 2.24) is 0 Å². The summed E-state index contributed by atoms with van der Waals surface area (Å²) in [6.07, 6.45) is 0. The second-order valence-corrected chi connectivity index (χ2v) is 27.7. The molecule has 0 aliphatic rings. The molecule has 0 fully saturated rings. The molecular formula is C29H53LuOSi3. The third-order valence-electron chi connectivity index (χ3n) is 5.18. The minimum atomic E-state index is -1.78. The van der Waals surface area contributed by atoms with Gasteiger partial charge in [0.05, 0.1) is 15.2 Å². The van der Waals surface area contributed by atoms with E-state index in [1.807, 2.05) is 7.11 Å². The molecule has 0 saturated carbocycles. The molecular weight excluding hydrogens is 624 g/mol. The molecule has 1 nitrogen and oxygen atoms in total. The molecule has 0 aromatic heterocycles. The topological polar surface area (TPSA) is 9.23 Å². The van der Waals surface area contributed by atoms with E-state index in [0.717, 1.165) is 5.75 Å². The van der Waals surface area contributed by atoms with Crippen molar-refractivity contribution in [2.24, 2.45) is 0 Å². The Hall–Kier alpha value is 0.254. The number of benzene rings is 1. The minimum absolute atomic E-state index is 0. The third kappa shape index (κ3) is 13.0. The number of hydrogen-bond acceptors (Lipinski definition) is 1. The Morgan fingerprint density at radius 3 is 1.53 bits per heavy atom. The van der Waals surface area contributed by atoms with Crippen molar-refractivity contribution in [3.05, 3.63) is 60.6 Å². The van der Waals surface area contributed by atoms with Crippen LogP contribution in [-0.2, 0) is 5.41 Å². The monoisotopic (exact) mass is 676 g/mol. The third-order valence-corrected chi connectivity index (χ3v) is 10.4. The molecule has 2 rings (SSSR count). The zero-order valence-corrected chi connectivity index (χ0v) is 29.1. The molecule has 202 valence electrons. The summed E-state index contributed by atoms with van der Waals surface area (Å²) in [5.74, 6) is 1.12. The smallest absolute Gasteiger partial charge is 0.497 e. The van der Waals surface area contributed by atoms with Crippen LogP contribution in [0.2, 0.25) is 51.4 Å². The van der Waals surface area contributed by atoms with Crippen LogP contribution in [0.3, 0.4) is 0 Å². The summed E-state index contributed by atoms with van der Waals surface area (Å²) in [6, 6.07) is 16.1. The fourth-order valence-corrected chi connectivity index (χ4v) is 8.19. The maximum absolute atomic E-state index is 6.00. The van der Waals surface area contributed by atoms with Crippen LogP contribution in [0.5, 0.6) is 5.75 Å². The van der Waals surface area contributed by atoms with E-state index in [-0.39, 0.29) is 42.3 Å². The molecule has 0 amide bonds. The van der Waals surface area contributed by atoms with Gasteiger partial charge in [-0.25, -0.2) is 12.1 Å². The maximum atomic E-state index is 6.00. The van der Waals surface area contributed by atoms with Crippen LogP contribution >= 0.6 is 0 Å². The summed E-state index contributed by atoms with van der Waals surface area (Å²) in [4.78, 5) is 0. The van der Waals surface area contributed by atoms with Gasteiger partial charge in [0.1, 0.15) is 5.75 Å². The molecule has 2 aromatic carbocycles. The van der Waals surface area contributed by atoms with Crippen LogP contribution < -0.4 is 15.1 Å². The molecule has 0 aliphatic carbocycles. The molecule has 0 bridgehead atoms. The zero-order valence-electron chi connectivity index (χ0n) is 24.5. The number of methoxy groups -OCH3 is 1. The van der Waals surface area contributed by atoms with E-state index in [1.165, 1.54) is 33.6 Å². The molecule has 0 aliphatic heterocycles. The van der Waals surface area contributed by atoms with Crippen LogP contribution in [-0.4, -0.2) is 31.3 Å². The fraction of sp³-hybridized carbons (Fsp3) is 0.552. The van der Waals surface area contributed by atoms with Crippen LogP contribution in [0.1, 0.15) is 45.7 Å². The summed E-state index contributed by atoms with van der Waals surface area (Å²) in [5.41, 5.74) is 2.76. The Morgan fingerprint density at radius 2 is 1.24 bits per heavy atom. The largest absolute Gasteiger partial charge is 3.00 e. The number of hydrogen-bond donors (Lipinski definition) is 0. The van der Waals surface area contributed by atoms with Crippen LogP contribution in [0, 0.1) is 56.9 Å². The Labute approximate surface area is 246 Å². The molecule has 2 aromatic rings. The summed E-state index contributed by atoms with van der Waals surface area (Å²) < 4.78 is 6.00. The van der Waals surface area contributed by atoms with Crippen LogP contribution in [0.4, 0.5) is 0 Å². The van der Waals surface area contributed by atoms with Gasteiger partial charge in [-0.05, 0) is 23.1 Å². The van der Waals surface area contributed by atoms with Gasteiger partial charge in [-0.2, -0.15) is 17.3 Å². The van der Waals surface area contributed by atoms with E-state index < -0.39 is 24.2 Å². The van der Waals surface area contributed by atoms with Gasteiger partial charge in [0.25, 0.3) is 0 Å².